The van der Waals surface area contributed by atoms with Gasteiger partial charge in [-0.15, -0.1) is 0 Å². The molecule has 2 aromatic rings. The lowest BCUT2D eigenvalue weighted by atomic mass is 10.2. The molecule has 2 N–H and O–H groups in total. The Labute approximate surface area is 151 Å². The first-order valence-electron chi connectivity index (χ1n) is 7.68. The fourth-order valence-corrected chi connectivity index (χ4v) is 2.08. The summed E-state index contributed by atoms with van der Waals surface area (Å²) in [5.41, 5.74) is 0.0266. The van der Waals surface area contributed by atoms with E-state index in [9.17, 15) is 28.1 Å². The van der Waals surface area contributed by atoms with Crippen LogP contribution in [0.4, 0.5) is 24.5 Å². The molecule has 0 saturated heterocycles. The second kappa shape index (κ2) is 8.83. The Morgan fingerprint density at radius 2 is 1.93 bits per heavy atom. The molecule has 0 saturated carbocycles. The van der Waals surface area contributed by atoms with Crippen LogP contribution in [0.2, 0.25) is 0 Å². The van der Waals surface area contributed by atoms with Gasteiger partial charge in [-0.25, -0.2) is 4.98 Å². The molecule has 0 fully saturated rings. The predicted molar refractivity (Wildman–Crippen MR) is 89.7 cm³/mol. The minimum atomic E-state index is -4.56. The third-order valence-electron chi connectivity index (χ3n) is 3.22. The summed E-state index contributed by atoms with van der Waals surface area (Å²) in [6, 6.07) is 8.67. The first-order valence-corrected chi connectivity index (χ1v) is 7.68. The number of hydrogen-bond acceptors (Lipinski definition) is 6. The number of ether oxygens (including phenoxy) is 1. The monoisotopic (exact) mass is 384 g/mol. The van der Waals surface area contributed by atoms with E-state index >= 15 is 0 Å². The van der Waals surface area contributed by atoms with Crippen LogP contribution in [-0.2, 0) is 0 Å². The average molecular weight is 384 g/mol. The molecule has 0 atom stereocenters. The number of nitrogens with one attached hydrogen (secondary N) is 2. The molecule has 144 valence electrons. The molecule has 0 spiro atoms. The number of rotatable bonds is 8. The van der Waals surface area contributed by atoms with Crippen LogP contribution in [0, 0.1) is 10.1 Å². The highest BCUT2D eigenvalue weighted by Gasteiger charge is 2.29. The first-order chi connectivity index (χ1) is 12.8. The van der Waals surface area contributed by atoms with Crippen molar-refractivity contribution < 1.29 is 27.6 Å². The summed E-state index contributed by atoms with van der Waals surface area (Å²) in [7, 11) is 0. The van der Waals surface area contributed by atoms with E-state index in [0.29, 0.717) is 0 Å². The predicted octanol–water partition coefficient (Wildman–Crippen LogP) is 2.77. The Bertz CT molecular complexity index is 814. The van der Waals surface area contributed by atoms with E-state index in [1.807, 2.05) is 0 Å². The van der Waals surface area contributed by atoms with E-state index in [4.69, 9.17) is 0 Å². The van der Waals surface area contributed by atoms with E-state index in [-0.39, 0.29) is 30.0 Å². The van der Waals surface area contributed by atoms with Crippen molar-refractivity contribution in [3.05, 3.63) is 58.3 Å². The lowest BCUT2D eigenvalue weighted by Gasteiger charge is -2.12. The maximum Gasteiger partial charge on any atom is 0.422 e. The highest BCUT2D eigenvalue weighted by molar-refractivity contribution is 5.96. The van der Waals surface area contributed by atoms with Gasteiger partial charge in [-0.3, -0.25) is 14.9 Å². The fraction of sp³-hybridized carbons (Fsp3) is 0.250. The number of benzene rings is 1. The topological polar surface area (TPSA) is 106 Å². The molecule has 0 bridgehead atoms. The van der Waals surface area contributed by atoms with Crippen molar-refractivity contribution >= 4 is 17.3 Å². The van der Waals surface area contributed by atoms with Crippen LogP contribution in [0.15, 0.2) is 42.6 Å². The smallest absolute Gasteiger partial charge is 0.422 e. The van der Waals surface area contributed by atoms with Crippen LogP contribution in [0.5, 0.6) is 5.88 Å². The second-order valence-corrected chi connectivity index (χ2v) is 5.22. The van der Waals surface area contributed by atoms with Gasteiger partial charge in [0, 0.05) is 25.4 Å². The number of halogens is 3. The summed E-state index contributed by atoms with van der Waals surface area (Å²) < 4.78 is 41.3. The van der Waals surface area contributed by atoms with Gasteiger partial charge in [0.05, 0.1) is 4.92 Å². The van der Waals surface area contributed by atoms with E-state index in [2.05, 4.69) is 20.4 Å². The number of aromatic nitrogens is 1. The molecule has 8 nitrogen and oxygen atoms in total. The minimum Gasteiger partial charge on any atom is -0.467 e. The Morgan fingerprint density at radius 3 is 2.63 bits per heavy atom. The Kier molecular flexibility index (Phi) is 6.52. The van der Waals surface area contributed by atoms with Crippen molar-refractivity contribution in [1.82, 2.24) is 10.3 Å². The standard InChI is InChI=1S/C16H15F3N4O4/c17-16(18,19)10-27-15-11(4-3-7-22-15)14(24)21-9-8-20-12-5-1-2-6-13(12)23(25)26/h1-7,20H,8-10H2,(H,21,24). The number of alkyl halides is 3. The number of carbonyl (C=O) groups is 1. The molecule has 0 aliphatic heterocycles. The van der Waals surface area contributed by atoms with Gasteiger partial charge in [0.25, 0.3) is 11.6 Å². The van der Waals surface area contributed by atoms with Crippen molar-refractivity contribution in [2.24, 2.45) is 0 Å². The third-order valence-corrected chi connectivity index (χ3v) is 3.22. The Hall–Kier alpha value is -3.37. The van der Waals surface area contributed by atoms with Crippen molar-refractivity contribution in [2.75, 3.05) is 25.0 Å². The summed E-state index contributed by atoms with van der Waals surface area (Å²) in [5, 5.41) is 16.2. The summed E-state index contributed by atoms with van der Waals surface area (Å²) >= 11 is 0. The van der Waals surface area contributed by atoms with E-state index in [1.165, 1.54) is 36.5 Å². The summed E-state index contributed by atoms with van der Waals surface area (Å²) in [6.45, 7) is -1.34. The van der Waals surface area contributed by atoms with Crippen molar-refractivity contribution in [3.63, 3.8) is 0 Å². The van der Waals surface area contributed by atoms with Gasteiger partial charge >= 0.3 is 6.18 Å². The molecular weight excluding hydrogens is 369 g/mol. The molecule has 0 radical (unpaired) electrons. The van der Waals surface area contributed by atoms with Gasteiger partial charge in [-0.1, -0.05) is 12.1 Å². The second-order valence-electron chi connectivity index (χ2n) is 5.22. The van der Waals surface area contributed by atoms with Gasteiger partial charge in [0.2, 0.25) is 5.88 Å². The van der Waals surface area contributed by atoms with Crippen LogP contribution >= 0.6 is 0 Å². The molecule has 1 amide bonds. The zero-order chi connectivity index (χ0) is 19.9. The molecule has 1 heterocycles. The van der Waals surface area contributed by atoms with Gasteiger partial charge in [0.1, 0.15) is 11.3 Å². The number of nitro groups is 1. The Balaban J connectivity index is 1.91. The number of para-hydroxylation sites is 2. The van der Waals surface area contributed by atoms with Crippen LogP contribution in [-0.4, -0.2) is 41.7 Å². The number of carbonyl (C=O) groups excluding carboxylic acids is 1. The molecule has 1 aromatic heterocycles. The average Bonchev–Trinajstić information content (AvgIpc) is 2.63. The number of hydrogen-bond donors (Lipinski definition) is 2. The number of anilines is 1. The van der Waals surface area contributed by atoms with Gasteiger partial charge in [-0.05, 0) is 18.2 Å². The maximum absolute atomic E-state index is 12.3. The summed E-state index contributed by atoms with van der Waals surface area (Å²) in [4.78, 5) is 26.1. The zero-order valence-electron chi connectivity index (χ0n) is 13.8. The fourth-order valence-electron chi connectivity index (χ4n) is 2.08. The van der Waals surface area contributed by atoms with Gasteiger partial charge in [0.15, 0.2) is 6.61 Å². The quantitative estimate of drug-likeness (QED) is 0.412. The molecule has 0 aliphatic rings. The highest BCUT2D eigenvalue weighted by atomic mass is 19.4. The first kappa shape index (κ1) is 19.9. The molecule has 11 heteroatoms. The molecule has 0 unspecified atom stereocenters. The zero-order valence-corrected chi connectivity index (χ0v) is 13.8. The minimum absolute atomic E-state index is 0.0679. The maximum atomic E-state index is 12.3. The lowest BCUT2D eigenvalue weighted by Crippen LogP contribution is -2.30. The van der Waals surface area contributed by atoms with Crippen molar-refractivity contribution in [3.8, 4) is 5.88 Å². The van der Waals surface area contributed by atoms with Crippen LogP contribution < -0.4 is 15.4 Å². The van der Waals surface area contributed by atoms with Gasteiger partial charge < -0.3 is 15.4 Å². The number of pyridine rings is 1. The normalized spacial score (nSPS) is 10.9. The Morgan fingerprint density at radius 1 is 1.19 bits per heavy atom. The van der Waals surface area contributed by atoms with Gasteiger partial charge in [-0.2, -0.15) is 13.2 Å². The summed E-state index contributed by atoms with van der Waals surface area (Å²) in [5.74, 6) is -1.11. The van der Waals surface area contributed by atoms with E-state index in [1.54, 1.807) is 6.07 Å². The van der Waals surface area contributed by atoms with Crippen LogP contribution in [0.1, 0.15) is 10.4 Å². The van der Waals surface area contributed by atoms with E-state index in [0.717, 1.165) is 0 Å². The third kappa shape index (κ3) is 6.13. The highest BCUT2D eigenvalue weighted by Crippen LogP contribution is 2.23. The summed E-state index contributed by atoms with van der Waals surface area (Å²) in [6.07, 6.45) is -3.35. The van der Waals surface area contributed by atoms with Crippen molar-refractivity contribution in [2.45, 2.75) is 6.18 Å². The molecular formula is C16H15F3N4O4. The molecule has 27 heavy (non-hydrogen) atoms. The number of nitro benzene ring substituents is 1. The van der Waals surface area contributed by atoms with Crippen LogP contribution in [0.3, 0.4) is 0 Å². The van der Waals surface area contributed by atoms with E-state index < -0.39 is 29.5 Å². The largest absolute Gasteiger partial charge is 0.467 e. The molecule has 2 rings (SSSR count). The number of nitrogens with zero attached hydrogens (tertiary/aromatic N) is 2. The molecule has 0 aliphatic carbocycles. The van der Waals surface area contributed by atoms with Crippen LogP contribution in [0.25, 0.3) is 0 Å². The number of amides is 1. The lowest BCUT2D eigenvalue weighted by molar-refractivity contribution is -0.384. The van der Waals surface area contributed by atoms with Crippen molar-refractivity contribution in [1.29, 1.82) is 0 Å². The molecule has 1 aromatic carbocycles. The SMILES string of the molecule is O=C(NCCNc1ccccc1[N+](=O)[O-])c1cccnc1OCC(F)(F)F.